The Hall–Kier alpha value is -3.56. The van der Waals surface area contributed by atoms with Gasteiger partial charge in [-0.25, -0.2) is 9.59 Å². The summed E-state index contributed by atoms with van der Waals surface area (Å²) in [6, 6.07) is -1.64. The molecule has 0 saturated heterocycles. The van der Waals surface area contributed by atoms with E-state index in [0.29, 0.717) is 0 Å². The first-order chi connectivity index (χ1) is 16.3. The molecule has 1 rings (SSSR count). The highest BCUT2D eigenvalue weighted by Crippen LogP contribution is 2.37. The summed E-state index contributed by atoms with van der Waals surface area (Å²) in [5.74, 6) is -6.84. The molecule has 1 aromatic rings. The maximum Gasteiger partial charge on any atom is 0.327 e. The molecular formula is C20H28N4O10S. The lowest BCUT2D eigenvalue weighted by Crippen LogP contribution is -2.43. The number of benzene rings is 1. The quantitative estimate of drug-likeness (QED) is 0.0941. The fraction of sp³-hybridized carbons (Fsp3) is 0.450. The molecule has 15 heteroatoms. The number of thioether (sulfide) groups is 1. The van der Waals surface area contributed by atoms with Crippen molar-refractivity contribution in [1.82, 2.24) is 10.6 Å². The third kappa shape index (κ3) is 10.1. The van der Waals surface area contributed by atoms with Crippen LogP contribution in [0.3, 0.4) is 0 Å². The highest BCUT2D eigenvalue weighted by atomic mass is 32.2. The lowest BCUT2D eigenvalue weighted by Gasteiger charge is -2.17. The predicted octanol–water partition coefficient (Wildman–Crippen LogP) is -1.59. The molecule has 0 saturated carbocycles. The average molecular weight is 517 g/mol. The zero-order valence-electron chi connectivity index (χ0n) is 18.5. The molecule has 0 fully saturated rings. The number of phenolic OH excluding ortho intramolecular Hbond substituents is 2. The van der Waals surface area contributed by atoms with Gasteiger partial charge >= 0.3 is 17.9 Å². The van der Waals surface area contributed by atoms with Crippen LogP contribution in [0, 0.1) is 0 Å². The molecule has 0 aliphatic heterocycles. The van der Waals surface area contributed by atoms with Gasteiger partial charge in [-0.05, 0) is 24.1 Å². The van der Waals surface area contributed by atoms with Crippen LogP contribution in [-0.4, -0.2) is 85.7 Å². The van der Waals surface area contributed by atoms with Gasteiger partial charge in [-0.1, -0.05) is 0 Å². The van der Waals surface area contributed by atoms with E-state index < -0.39 is 59.3 Å². The number of aromatic hydroxyl groups is 2. The topological polar surface area (TPSA) is 263 Å². The second-order valence-corrected chi connectivity index (χ2v) is 8.48. The van der Waals surface area contributed by atoms with Crippen molar-refractivity contribution in [3.05, 3.63) is 17.7 Å². The molecule has 1 aromatic carbocycles. The smallest absolute Gasteiger partial charge is 0.327 e. The Bertz CT molecular complexity index is 958. The Morgan fingerprint density at radius 3 is 2.00 bits per heavy atom. The highest BCUT2D eigenvalue weighted by Gasteiger charge is 2.24. The predicted molar refractivity (Wildman–Crippen MR) is 122 cm³/mol. The molecule has 0 aliphatic rings. The maximum atomic E-state index is 12.0. The van der Waals surface area contributed by atoms with Crippen LogP contribution in [0.25, 0.3) is 0 Å². The number of nitrogens with one attached hydrogen (secondary N) is 2. The van der Waals surface area contributed by atoms with Gasteiger partial charge in [0.1, 0.15) is 18.1 Å². The van der Waals surface area contributed by atoms with Crippen molar-refractivity contribution in [3.63, 3.8) is 0 Å². The van der Waals surface area contributed by atoms with Crippen molar-refractivity contribution < 1.29 is 49.5 Å². The molecule has 3 atom stereocenters. The molecule has 0 aliphatic carbocycles. The van der Waals surface area contributed by atoms with Crippen LogP contribution in [-0.2, 0) is 30.4 Å². The van der Waals surface area contributed by atoms with Crippen molar-refractivity contribution in [2.75, 3.05) is 12.3 Å². The van der Waals surface area contributed by atoms with E-state index in [2.05, 4.69) is 10.6 Å². The Kier molecular flexibility index (Phi) is 11.8. The first-order valence-corrected chi connectivity index (χ1v) is 11.2. The number of amides is 2. The lowest BCUT2D eigenvalue weighted by atomic mass is 10.0. The Morgan fingerprint density at radius 1 is 0.886 bits per heavy atom. The Morgan fingerprint density at radius 2 is 1.46 bits per heavy atom. The molecule has 14 nitrogen and oxygen atoms in total. The van der Waals surface area contributed by atoms with E-state index in [1.807, 2.05) is 0 Å². The van der Waals surface area contributed by atoms with Gasteiger partial charge in [-0.2, -0.15) is 0 Å². The molecule has 2 amide bonds. The number of hydrogen-bond acceptors (Lipinski definition) is 10. The number of nitrogens with two attached hydrogens (primary N) is 2. The van der Waals surface area contributed by atoms with Gasteiger partial charge in [0.15, 0.2) is 11.5 Å². The number of hydrogen-bond donors (Lipinski definition) is 9. The number of carboxylic acid groups (broad SMARTS) is 3. The first-order valence-electron chi connectivity index (χ1n) is 10.3. The zero-order valence-corrected chi connectivity index (χ0v) is 19.3. The van der Waals surface area contributed by atoms with Crippen LogP contribution < -0.4 is 22.1 Å². The largest absolute Gasteiger partial charge is 0.504 e. The van der Waals surface area contributed by atoms with Crippen LogP contribution in [0.4, 0.5) is 0 Å². The minimum atomic E-state index is -1.43. The third-order valence-corrected chi connectivity index (χ3v) is 5.72. The van der Waals surface area contributed by atoms with Gasteiger partial charge in [0, 0.05) is 31.6 Å². The zero-order chi connectivity index (χ0) is 26.7. The molecule has 35 heavy (non-hydrogen) atoms. The van der Waals surface area contributed by atoms with E-state index in [1.165, 1.54) is 6.07 Å². The number of phenols is 2. The van der Waals surface area contributed by atoms with Crippen molar-refractivity contribution >= 4 is 41.5 Å². The van der Waals surface area contributed by atoms with E-state index >= 15 is 0 Å². The van der Waals surface area contributed by atoms with Crippen LogP contribution in [0.15, 0.2) is 17.0 Å². The first kappa shape index (κ1) is 29.5. The Balaban J connectivity index is 2.91. The van der Waals surface area contributed by atoms with Crippen molar-refractivity contribution in [1.29, 1.82) is 0 Å². The van der Waals surface area contributed by atoms with Gasteiger partial charge in [0.05, 0.1) is 4.90 Å². The van der Waals surface area contributed by atoms with Crippen LogP contribution >= 0.6 is 11.8 Å². The van der Waals surface area contributed by atoms with Crippen LogP contribution in [0.5, 0.6) is 11.5 Å². The number of carboxylic acids is 3. The maximum absolute atomic E-state index is 12.0. The van der Waals surface area contributed by atoms with E-state index in [4.69, 9.17) is 16.6 Å². The van der Waals surface area contributed by atoms with Gasteiger partial charge < -0.3 is 47.6 Å². The third-order valence-electron chi connectivity index (χ3n) is 4.60. The second kappa shape index (κ2) is 14.0. The fourth-order valence-electron chi connectivity index (χ4n) is 2.73. The van der Waals surface area contributed by atoms with Crippen molar-refractivity contribution in [3.8, 4) is 11.5 Å². The summed E-state index contributed by atoms with van der Waals surface area (Å²) in [6.07, 6.45) is -0.869. The highest BCUT2D eigenvalue weighted by molar-refractivity contribution is 7.99. The minimum absolute atomic E-state index is 0.00539. The summed E-state index contributed by atoms with van der Waals surface area (Å²) in [5.41, 5.74) is 10.8. The molecule has 0 bridgehead atoms. The molecule has 0 heterocycles. The normalized spacial score (nSPS) is 13.3. The van der Waals surface area contributed by atoms with Crippen LogP contribution in [0.1, 0.15) is 24.8 Å². The molecule has 11 N–H and O–H groups in total. The minimum Gasteiger partial charge on any atom is -0.504 e. The van der Waals surface area contributed by atoms with Gasteiger partial charge in [-0.15, -0.1) is 11.8 Å². The van der Waals surface area contributed by atoms with E-state index in [-0.39, 0.29) is 48.4 Å². The monoisotopic (exact) mass is 516 g/mol. The summed E-state index contributed by atoms with van der Waals surface area (Å²) in [7, 11) is 0. The summed E-state index contributed by atoms with van der Waals surface area (Å²) >= 11 is 0.765. The number of carbonyl (C=O) groups is 5. The SMILES string of the molecule is NCCC(=O)N[C@@H](Cc1cc(O)c(O)c(SC[C@H](NC(=O)CC[C@H](N)C(=O)O)C(=O)O)c1)C(=O)O. The molecule has 0 unspecified atom stereocenters. The van der Waals surface area contributed by atoms with Gasteiger partial charge in [0.2, 0.25) is 11.8 Å². The summed E-state index contributed by atoms with van der Waals surface area (Å²) in [4.78, 5) is 57.4. The van der Waals surface area contributed by atoms with Gasteiger partial charge in [-0.3, -0.25) is 14.4 Å². The number of aliphatic carboxylic acids is 3. The summed E-state index contributed by atoms with van der Waals surface area (Å²) < 4.78 is 0. The molecular weight excluding hydrogens is 488 g/mol. The summed E-state index contributed by atoms with van der Waals surface area (Å²) in [5, 5.41) is 52.2. The van der Waals surface area contributed by atoms with E-state index in [9.17, 15) is 44.4 Å². The standard InChI is InChI=1S/C20H28N4O10S/c21-4-3-16(27)23-11(19(31)32)5-9-6-13(25)17(28)14(7-9)35-8-12(20(33)34)24-15(26)2-1-10(22)18(29)30/h6-7,10-12,25,28H,1-5,8,21-22H2,(H,23,27)(H,24,26)(H,29,30)(H,31,32)(H,33,34)/t10-,11-,12-/m0/s1. The molecule has 0 radical (unpaired) electrons. The lowest BCUT2D eigenvalue weighted by molar-refractivity contribution is -0.142. The fourth-order valence-corrected chi connectivity index (χ4v) is 3.78. The Labute approximate surface area is 203 Å². The molecule has 194 valence electrons. The van der Waals surface area contributed by atoms with E-state index in [0.717, 1.165) is 17.8 Å². The van der Waals surface area contributed by atoms with Crippen molar-refractivity contribution in [2.45, 2.75) is 48.7 Å². The van der Waals surface area contributed by atoms with Crippen molar-refractivity contribution in [2.24, 2.45) is 11.5 Å². The molecule has 0 spiro atoms. The molecule has 0 aromatic heterocycles. The summed E-state index contributed by atoms with van der Waals surface area (Å²) in [6.45, 7) is 0.0204. The number of rotatable bonds is 15. The van der Waals surface area contributed by atoms with Gasteiger partial charge in [0.25, 0.3) is 0 Å². The second-order valence-electron chi connectivity index (χ2n) is 7.42. The van der Waals surface area contributed by atoms with Crippen LogP contribution in [0.2, 0.25) is 0 Å². The average Bonchev–Trinajstić information content (AvgIpc) is 2.76. The van der Waals surface area contributed by atoms with E-state index in [1.54, 1.807) is 0 Å². The number of carbonyl (C=O) groups excluding carboxylic acids is 2.